The maximum Gasteiger partial charge on any atom is 0.211 e. The molecule has 0 bridgehead atoms. The van der Waals surface area contributed by atoms with Gasteiger partial charge < -0.3 is 14.4 Å². The van der Waals surface area contributed by atoms with Crippen LogP contribution >= 0.6 is 0 Å². The van der Waals surface area contributed by atoms with Crippen LogP contribution in [0.5, 0.6) is 11.5 Å². The Morgan fingerprint density at radius 1 is 1.06 bits per heavy atom. The van der Waals surface area contributed by atoms with Crippen molar-refractivity contribution in [1.29, 1.82) is 0 Å². The zero-order valence-corrected chi connectivity index (χ0v) is 19.8. The first-order chi connectivity index (χ1) is 15.4. The van der Waals surface area contributed by atoms with Gasteiger partial charge in [-0.05, 0) is 73.4 Å². The largest absolute Gasteiger partial charge is 0.495 e. The highest BCUT2D eigenvalue weighted by atomic mass is 32.2. The van der Waals surface area contributed by atoms with Crippen molar-refractivity contribution in [2.24, 2.45) is 5.92 Å². The minimum atomic E-state index is -3.14. The number of pyridine rings is 1. The van der Waals surface area contributed by atoms with Gasteiger partial charge in [-0.15, -0.1) is 0 Å². The smallest absolute Gasteiger partial charge is 0.211 e. The quantitative estimate of drug-likeness (QED) is 0.563. The number of hydrogen-bond donors (Lipinski definition) is 0. The molecule has 1 aromatic heterocycles. The van der Waals surface area contributed by atoms with Crippen LogP contribution < -0.4 is 14.4 Å². The molecule has 0 amide bonds. The van der Waals surface area contributed by atoms with Crippen LogP contribution in [0.1, 0.15) is 36.8 Å². The maximum atomic E-state index is 11.8. The van der Waals surface area contributed by atoms with Crippen molar-refractivity contribution in [3.63, 3.8) is 0 Å². The average Bonchev–Trinajstić information content (AvgIpc) is 2.81. The number of aromatic nitrogens is 1. The molecule has 2 aromatic rings. The van der Waals surface area contributed by atoms with Crippen LogP contribution in [0.2, 0.25) is 0 Å². The fourth-order valence-electron chi connectivity index (χ4n) is 4.57. The summed E-state index contributed by atoms with van der Waals surface area (Å²) in [6, 6.07) is 10.0. The van der Waals surface area contributed by atoms with Crippen molar-refractivity contribution in [3.05, 3.63) is 47.7 Å². The first-order valence-corrected chi connectivity index (χ1v) is 13.2. The molecule has 0 N–H and O–H groups in total. The molecule has 0 spiro atoms. The van der Waals surface area contributed by atoms with Crippen LogP contribution in [-0.2, 0) is 23.0 Å². The van der Waals surface area contributed by atoms with E-state index in [1.54, 1.807) is 13.3 Å². The van der Waals surface area contributed by atoms with Crippen molar-refractivity contribution in [2.75, 3.05) is 44.5 Å². The van der Waals surface area contributed by atoms with Gasteiger partial charge in [-0.25, -0.2) is 13.4 Å². The van der Waals surface area contributed by atoms with Gasteiger partial charge in [0.25, 0.3) is 0 Å². The summed E-state index contributed by atoms with van der Waals surface area (Å²) >= 11 is 0. The molecule has 0 unspecified atom stereocenters. The number of nitrogens with zero attached hydrogens (tertiary/aromatic N) is 3. The van der Waals surface area contributed by atoms with Crippen molar-refractivity contribution in [3.8, 4) is 11.5 Å². The Bertz CT molecular complexity index is 1000. The maximum absolute atomic E-state index is 11.8. The second kappa shape index (κ2) is 10.1. The number of hydrogen-bond acceptors (Lipinski definition) is 6. The molecule has 174 valence electrons. The van der Waals surface area contributed by atoms with Gasteiger partial charge in [0.15, 0.2) is 0 Å². The predicted molar refractivity (Wildman–Crippen MR) is 126 cm³/mol. The fraction of sp³-hybridized carbons (Fsp3) is 0.542. The summed E-state index contributed by atoms with van der Waals surface area (Å²) in [6.07, 6.45) is 8.38. The number of ether oxygens (including phenoxy) is 2. The zero-order chi connectivity index (χ0) is 22.6. The molecule has 1 saturated heterocycles. The molecule has 0 aliphatic carbocycles. The third-order valence-corrected chi connectivity index (χ3v) is 7.79. The topological polar surface area (TPSA) is 72.0 Å². The summed E-state index contributed by atoms with van der Waals surface area (Å²) < 4.78 is 36.3. The number of sulfonamides is 1. The number of anilines is 1. The third-order valence-electron chi connectivity index (χ3n) is 6.54. The summed E-state index contributed by atoms with van der Waals surface area (Å²) in [5.74, 6) is 3.44. The van der Waals surface area contributed by atoms with E-state index < -0.39 is 10.0 Å². The van der Waals surface area contributed by atoms with Crippen LogP contribution in [0.25, 0.3) is 0 Å². The molecule has 1 fully saturated rings. The lowest BCUT2D eigenvalue weighted by Crippen LogP contribution is -2.35. The Morgan fingerprint density at radius 3 is 2.53 bits per heavy atom. The molecule has 3 heterocycles. The number of methoxy groups -OCH3 is 1. The fourth-order valence-corrected chi connectivity index (χ4v) is 5.37. The average molecular weight is 460 g/mol. The van der Waals surface area contributed by atoms with Crippen LogP contribution in [-0.4, -0.2) is 57.3 Å². The SMILES string of the molecule is COc1ccc(N2CCC(CCCOc3ccc4c(c3)CCN(S(C)(=O)=O)C4)CC2)nc1. The Labute approximate surface area is 191 Å². The molecule has 0 saturated carbocycles. The van der Waals surface area contributed by atoms with E-state index in [9.17, 15) is 8.42 Å². The van der Waals surface area contributed by atoms with Crippen LogP contribution in [0, 0.1) is 5.92 Å². The van der Waals surface area contributed by atoms with Crippen LogP contribution in [0.3, 0.4) is 0 Å². The summed E-state index contributed by atoms with van der Waals surface area (Å²) in [5.41, 5.74) is 2.27. The van der Waals surface area contributed by atoms with E-state index in [-0.39, 0.29) is 0 Å². The minimum absolute atomic E-state index is 0.458. The van der Waals surface area contributed by atoms with Gasteiger partial charge in [-0.1, -0.05) is 6.07 Å². The van der Waals surface area contributed by atoms with E-state index >= 15 is 0 Å². The molecular formula is C24H33N3O4S. The second-order valence-electron chi connectivity index (χ2n) is 8.75. The van der Waals surface area contributed by atoms with E-state index in [4.69, 9.17) is 9.47 Å². The monoisotopic (exact) mass is 459 g/mol. The molecule has 0 radical (unpaired) electrons. The summed E-state index contributed by atoms with van der Waals surface area (Å²) in [7, 11) is -1.48. The number of fused-ring (bicyclic) bond motifs is 1. The summed E-state index contributed by atoms with van der Waals surface area (Å²) in [4.78, 5) is 6.85. The van der Waals surface area contributed by atoms with E-state index in [1.807, 2.05) is 24.3 Å². The third kappa shape index (κ3) is 5.72. The predicted octanol–water partition coefficient (Wildman–Crippen LogP) is 3.48. The first-order valence-electron chi connectivity index (χ1n) is 11.4. The summed E-state index contributed by atoms with van der Waals surface area (Å²) in [5, 5.41) is 0. The minimum Gasteiger partial charge on any atom is -0.495 e. The van der Waals surface area contributed by atoms with Gasteiger partial charge >= 0.3 is 0 Å². The molecule has 0 atom stereocenters. The van der Waals surface area contributed by atoms with Gasteiger partial charge in [0, 0.05) is 26.2 Å². The molecule has 2 aliphatic heterocycles. The van der Waals surface area contributed by atoms with Gasteiger partial charge in [0.1, 0.15) is 17.3 Å². The van der Waals surface area contributed by atoms with Crippen molar-refractivity contribution in [1.82, 2.24) is 9.29 Å². The van der Waals surface area contributed by atoms with E-state index in [0.717, 1.165) is 54.7 Å². The van der Waals surface area contributed by atoms with Crippen molar-refractivity contribution in [2.45, 2.75) is 38.6 Å². The number of piperidine rings is 1. The molecule has 4 rings (SSSR count). The van der Waals surface area contributed by atoms with Gasteiger partial charge in [-0.3, -0.25) is 0 Å². The molecule has 2 aliphatic rings. The highest BCUT2D eigenvalue weighted by molar-refractivity contribution is 7.88. The van der Waals surface area contributed by atoms with Gasteiger partial charge in [0.05, 0.1) is 26.2 Å². The molecular weight excluding hydrogens is 426 g/mol. The Kier molecular flexibility index (Phi) is 7.20. The highest BCUT2D eigenvalue weighted by Crippen LogP contribution is 2.27. The Hall–Kier alpha value is -2.32. The lowest BCUT2D eigenvalue weighted by Gasteiger charge is -2.32. The van der Waals surface area contributed by atoms with E-state index in [0.29, 0.717) is 19.7 Å². The lowest BCUT2D eigenvalue weighted by atomic mass is 9.92. The second-order valence-corrected chi connectivity index (χ2v) is 10.7. The van der Waals surface area contributed by atoms with Crippen molar-refractivity contribution < 1.29 is 17.9 Å². The van der Waals surface area contributed by atoms with Crippen molar-refractivity contribution >= 4 is 15.8 Å². The normalized spacial score (nSPS) is 17.8. The van der Waals surface area contributed by atoms with Gasteiger partial charge in [-0.2, -0.15) is 4.31 Å². The molecule has 8 heteroatoms. The van der Waals surface area contributed by atoms with E-state index in [2.05, 4.69) is 16.0 Å². The number of benzene rings is 1. The lowest BCUT2D eigenvalue weighted by molar-refractivity contribution is 0.278. The van der Waals surface area contributed by atoms with E-state index in [1.165, 1.54) is 35.4 Å². The zero-order valence-electron chi connectivity index (χ0n) is 19.0. The first kappa shape index (κ1) is 22.9. The van der Waals surface area contributed by atoms with Crippen LogP contribution in [0.15, 0.2) is 36.5 Å². The molecule has 32 heavy (non-hydrogen) atoms. The summed E-state index contributed by atoms with van der Waals surface area (Å²) in [6.45, 7) is 3.80. The standard InChI is InChI=1S/C24H33N3O4S/c1-30-23-7-8-24(25-17-23)26-12-9-19(10-13-26)4-3-15-31-22-6-5-21-18-27(32(2,28)29)14-11-20(21)16-22/h5-8,16-17,19H,3-4,9-15,18H2,1-2H3. The Morgan fingerprint density at radius 2 is 1.84 bits per heavy atom. The van der Waals surface area contributed by atoms with Crippen LogP contribution in [0.4, 0.5) is 5.82 Å². The highest BCUT2D eigenvalue weighted by Gasteiger charge is 2.23. The molecule has 1 aromatic carbocycles. The molecule has 7 nitrogen and oxygen atoms in total. The Balaban J connectivity index is 1.18. The number of rotatable bonds is 8. The van der Waals surface area contributed by atoms with Gasteiger partial charge in [0.2, 0.25) is 10.0 Å².